The number of ether oxygens (including phenoxy) is 1. The van der Waals surface area contributed by atoms with Gasteiger partial charge in [0.25, 0.3) is 5.91 Å². The predicted octanol–water partition coefficient (Wildman–Crippen LogP) is 4.54. The molecule has 0 aliphatic heterocycles. The molecule has 1 atom stereocenters. The molecular formula is C20H21N3O2S. The highest BCUT2D eigenvalue weighted by atomic mass is 32.1. The molecule has 0 fully saturated rings. The van der Waals surface area contributed by atoms with Crippen LogP contribution in [-0.4, -0.2) is 22.2 Å². The van der Waals surface area contributed by atoms with E-state index in [0.717, 1.165) is 33.0 Å². The normalized spacial score (nSPS) is 11.8. The van der Waals surface area contributed by atoms with Crippen LogP contribution in [0.2, 0.25) is 0 Å². The maximum Gasteiger partial charge on any atom is 0.266 e. The molecule has 1 aromatic heterocycles. The average molecular weight is 367 g/mol. The van der Waals surface area contributed by atoms with Crippen molar-refractivity contribution >= 4 is 22.4 Å². The van der Waals surface area contributed by atoms with Crippen molar-refractivity contribution in [1.29, 1.82) is 0 Å². The highest BCUT2D eigenvalue weighted by Crippen LogP contribution is 2.27. The fraction of sp³-hybridized carbons (Fsp3) is 0.250. The standard InChI is InChI=1S/C20H21N3O2S/c1-12-10-13(2)14(3)17(11-12)25-15(4)18(24)21-20-23-22-19(26-20)16-8-6-5-7-9-16/h5-11,15H,1-4H3,(H,21,23,24)/t15-/m1/s1. The molecule has 0 radical (unpaired) electrons. The van der Waals surface area contributed by atoms with E-state index in [0.29, 0.717) is 5.13 Å². The summed E-state index contributed by atoms with van der Waals surface area (Å²) >= 11 is 1.34. The predicted molar refractivity (Wildman–Crippen MR) is 105 cm³/mol. The van der Waals surface area contributed by atoms with E-state index >= 15 is 0 Å². The molecule has 0 unspecified atom stereocenters. The Balaban J connectivity index is 1.68. The Bertz CT molecular complexity index is 922. The van der Waals surface area contributed by atoms with Gasteiger partial charge in [0.2, 0.25) is 5.13 Å². The van der Waals surface area contributed by atoms with E-state index in [4.69, 9.17) is 4.74 Å². The third-order valence-corrected chi connectivity index (χ3v) is 5.00. The third kappa shape index (κ3) is 4.08. The van der Waals surface area contributed by atoms with Crippen LogP contribution >= 0.6 is 11.3 Å². The molecule has 26 heavy (non-hydrogen) atoms. The summed E-state index contributed by atoms with van der Waals surface area (Å²) in [5.41, 5.74) is 4.26. The number of carbonyl (C=O) groups excluding carboxylic acids is 1. The van der Waals surface area contributed by atoms with E-state index in [1.165, 1.54) is 11.3 Å². The van der Waals surface area contributed by atoms with Crippen LogP contribution in [0.4, 0.5) is 5.13 Å². The topological polar surface area (TPSA) is 64.1 Å². The summed E-state index contributed by atoms with van der Waals surface area (Å²) in [4.78, 5) is 12.4. The van der Waals surface area contributed by atoms with Crippen LogP contribution in [0.3, 0.4) is 0 Å². The van der Waals surface area contributed by atoms with Crippen molar-refractivity contribution in [3.05, 3.63) is 59.2 Å². The zero-order valence-electron chi connectivity index (χ0n) is 15.2. The van der Waals surface area contributed by atoms with E-state index in [1.54, 1.807) is 6.92 Å². The molecule has 3 aromatic rings. The summed E-state index contributed by atoms with van der Waals surface area (Å²) in [6.45, 7) is 7.76. The van der Waals surface area contributed by atoms with Gasteiger partial charge >= 0.3 is 0 Å². The van der Waals surface area contributed by atoms with Crippen molar-refractivity contribution in [2.24, 2.45) is 0 Å². The van der Waals surface area contributed by atoms with Crippen LogP contribution in [0, 0.1) is 20.8 Å². The summed E-state index contributed by atoms with van der Waals surface area (Å²) in [6.07, 6.45) is -0.640. The molecule has 0 spiro atoms. The lowest BCUT2D eigenvalue weighted by molar-refractivity contribution is -0.122. The van der Waals surface area contributed by atoms with Crippen LogP contribution in [0.25, 0.3) is 10.6 Å². The van der Waals surface area contributed by atoms with Gasteiger partial charge in [0, 0.05) is 5.56 Å². The molecule has 0 bridgehead atoms. The van der Waals surface area contributed by atoms with Gasteiger partial charge in [-0.2, -0.15) is 0 Å². The molecular weight excluding hydrogens is 346 g/mol. The Hall–Kier alpha value is -2.73. The van der Waals surface area contributed by atoms with Gasteiger partial charge in [0.15, 0.2) is 6.10 Å². The van der Waals surface area contributed by atoms with Gasteiger partial charge in [-0.1, -0.05) is 47.7 Å². The summed E-state index contributed by atoms with van der Waals surface area (Å²) in [5, 5.41) is 12.2. The first-order valence-corrected chi connectivity index (χ1v) is 9.20. The van der Waals surface area contributed by atoms with Gasteiger partial charge in [-0.15, -0.1) is 10.2 Å². The maximum atomic E-state index is 12.4. The molecule has 0 aliphatic rings. The fourth-order valence-electron chi connectivity index (χ4n) is 2.55. The Morgan fingerprint density at radius 3 is 2.58 bits per heavy atom. The van der Waals surface area contributed by atoms with Gasteiger partial charge < -0.3 is 4.74 Å². The van der Waals surface area contributed by atoms with Crippen molar-refractivity contribution in [2.45, 2.75) is 33.8 Å². The molecule has 1 heterocycles. The van der Waals surface area contributed by atoms with Crippen LogP contribution in [0.1, 0.15) is 23.6 Å². The minimum Gasteiger partial charge on any atom is -0.481 e. The molecule has 1 amide bonds. The monoisotopic (exact) mass is 367 g/mol. The van der Waals surface area contributed by atoms with Gasteiger partial charge in [0.05, 0.1) is 0 Å². The van der Waals surface area contributed by atoms with Gasteiger partial charge in [-0.3, -0.25) is 10.1 Å². The average Bonchev–Trinajstić information content (AvgIpc) is 3.08. The smallest absolute Gasteiger partial charge is 0.266 e. The summed E-state index contributed by atoms with van der Waals surface area (Å²) < 4.78 is 5.88. The molecule has 0 aliphatic carbocycles. The summed E-state index contributed by atoms with van der Waals surface area (Å²) in [5.74, 6) is 0.478. The van der Waals surface area contributed by atoms with Crippen LogP contribution < -0.4 is 10.1 Å². The van der Waals surface area contributed by atoms with Crippen molar-refractivity contribution in [1.82, 2.24) is 10.2 Å². The van der Waals surface area contributed by atoms with E-state index in [1.807, 2.05) is 57.2 Å². The number of benzene rings is 2. The molecule has 3 rings (SSSR count). The van der Waals surface area contributed by atoms with Gasteiger partial charge in [-0.05, 0) is 50.5 Å². The first-order valence-electron chi connectivity index (χ1n) is 8.38. The first-order chi connectivity index (χ1) is 12.4. The first kappa shape index (κ1) is 18.1. The third-order valence-electron chi connectivity index (χ3n) is 4.11. The largest absolute Gasteiger partial charge is 0.481 e. The summed E-state index contributed by atoms with van der Waals surface area (Å²) in [7, 11) is 0. The number of rotatable bonds is 5. The highest BCUT2D eigenvalue weighted by molar-refractivity contribution is 7.18. The highest BCUT2D eigenvalue weighted by Gasteiger charge is 2.18. The quantitative estimate of drug-likeness (QED) is 0.719. The second-order valence-corrected chi connectivity index (χ2v) is 7.21. The summed E-state index contributed by atoms with van der Waals surface area (Å²) in [6, 6.07) is 13.8. The Kier molecular flexibility index (Phi) is 5.32. The minimum absolute atomic E-state index is 0.251. The molecule has 134 valence electrons. The molecule has 5 nitrogen and oxygen atoms in total. The Labute approximate surface area is 157 Å². The Morgan fingerprint density at radius 1 is 1.12 bits per heavy atom. The second-order valence-electron chi connectivity index (χ2n) is 6.23. The fourth-order valence-corrected chi connectivity index (χ4v) is 3.30. The number of hydrogen-bond acceptors (Lipinski definition) is 5. The number of anilines is 1. The van der Waals surface area contributed by atoms with Crippen molar-refractivity contribution < 1.29 is 9.53 Å². The number of hydrogen-bond donors (Lipinski definition) is 1. The number of aryl methyl sites for hydroxylation is 2. The van der Waals surface area contributed by atoms with Crippen molar-refractivity contribution in [3.8, 4) is 16.3 Å². The molecule has 2 aromatic carbocycles. The Morgan fingerprint density at radius 2 is 1.85 bits per heavy atom. The maximum absolute atomic E-state index is 12.4. The van der Waals surface area contributed by atoms with E-state index in [2.05, 4.69) is 21.6 Å². The second kappa shape index (κ2) is 7.66. The van der Waals surface area contributed by atoms with Crippen LogP contribution in [0.5, 0.6) is 5.75 Å². The van der Waals surface area contributed by atoms with E-state index < -0.39 is 6.10 Å². The van der Waals surface area contributed by atoms with Crippen LogP contribution in [0.15, 0.2) is 42.5 Å². The van der Waals surface area contributed by atoms with Gasteiger partial charge in [-0.25, -0.2) is 0 Å². The molecule has 0 saturated heterocycles. The number of aromatic nitrogens is 2. The van der Waals surface area contributed by atoms with Crippen LogP contribution in [-0.2, 0) is 4.79 Å². The molecule has 0 saturated carbocycles. The van der Waals surface area contributed by atoms with Crippen molar-refractivity contribution in [2.75, 3.05) is 5.32 Å². The van der Waals surface area contributed by atoms with Gasteiger partial charge in [0.1, 0.15) is 10.8 Å². The zero-order valence-corrected chi connectivity index (χ0v) is 16.1. The molecule has 6 heteroatoms. The lowest BCUT2D eigenvalue weighted by Crippen LogP contribution is -2.30. The SMILES string of the molecule is Cc1cc(C)c(C)c(O[C@H](C)C(=O)Nc2nnc(-c3ccccc3)s2)c1. The van der Waals surface area contributed by atoms with Crippen molar-refractivity contribution in [3.63, 3.8) is 0 Å². The number of nitrogens with zero attached hydrogens (tertiary/aromatic N) is 2. The lowest BCUT2D eigenvalue weighted by Gasteiger charge is -2.17. The van der Waals surface area contributed by atoms with E-state index in [9.17, 15) is 4.79 Å². The number of amides is 1. The molecule has 1 N–H and O–H groups in total. The number of nitrogens with one attached hydrogen (secondary N) is 1. The van der Waals surface area contributed by atoms with E-state index in [-0.39, 0.29) is 5.91 Å². The lowest BCUT2D eigenvalue weighted by atomic mass is 10.1. The zero-order chi connectivity index (χ0) is 18.7. The number of carbonyl (C=O) groups is 1. The minimum atomic E-state index is -0.640.